The number of nitrogens with zero attached hydrogens (tertiary/aromatic N) is 1. The molecule has 0 unspecified atom stereocenters. The molecule has 0 heterocycles. The van der Waals surface area contributed by atoms with Crippen molar-refractivity contribution in [3.8, 4) is 0 Å². The zero-order valence-corrected chi connectivity index (χ0v) is 13.3. The van der Waals surface area contributed by atoms with Crippen LogP contribution in [0.2, 0.25) is 0 Å². The Labute approximate surface area is 117 Å². The number of aliphatic imine (C=N–C) groups is 1. The maximum atomic E-state index is 11.2. The van der Waals surface area contributed by atoms with Crippen molar-refractivity contribution in [3.63, 3.8) is 0 Å². The zero-order chi connectivity index (χ0) is 14.5. The van der Waals surface area contributed by atoms with Crippen molar-refractivity contribution >= 4 is 15.8 Å². The van der Waals surface area contributed by atoms with E-state index in [9.17, 15) is 8.42 Å². The van der Waals surface area contributed by atoms with E-state index in [0.717, 1.165) is 18.4 Å². The lowest BCUT2D eigenvalue weighted by Crippen LogP contribution is -2.43. The molecule has 1 fully saturated rings. The van der Waals surface area contributed by atoms with Crippen molar-refractivity contribution in [2.45, 2.75) is 33.1 Å². The van der Waals surface area contributed by atoms with E-state index >= 15 is 0 Å². The van der Waals surface area contributed by atoms with E-state index in [1.165, 1.54) is 19.1 Å². The van der Waals surface area contributed by atoms with Crippen LogP contribution < -0.4 is 10.6 Å². The molecule has 0 aliphatic heterocycles. The summed E-state index contributed by atoms with van der Waals surface area (Å²) in [4.78, 5) is 4.18. The molecule has 0 spiro atoms. The van der Waals surface area contributed by atoms with Crippen LogP contribution in [0.4, 0.5) is 0 Å². The number of hydrogen-bond acceptors (Lipinski definition) is 3. The Morgan fingerprint density at radius 2 is 1.95 bits per heavy atom. The van der Waals surface area contributed by atoms with E-state index in [1.807, 2.05) is 0 Å². The van der Waals surface area contributed by atoms with Crippen LogP contribution in [0.5, 0.6) is 0 Å². The quantitative estimate of drug-likeness (QED) is 0.542. The van der Waals surface area contributed by atoms with Crippen LogP contribution in [0.25, 0.3) is 0 Å². The van der Waals surface area contributed by atoms with Gasteiger partial charge in [0.1, 0.15) is 9.84 Å². The van der Waals surface area contributed by atoms with Gasteiger partial charge in [-0.2, -0.15) is 0 Å². The highest BCUT2D eigenvalue weighted by Crippen LogP contribution is 2.27. The lowest BCUT2D eigenvalue weighted by Gasteiger charge is -2.25. The van der Waals surface area contributed by atoms with E-state index < -0.39 is 9.84 Å². The number of sulfone groups is 1. The van der Waals surface area contributed by atoms with Crippen molar-refractivity contribution in [3.05, 3.63) is 0 Å². The molecule has 112 valence electrons. The molecule has 0 atom stereocenters. The lowest BCUT2D eigenvalue weighted by molar-refractivity contribution is 0.348. The molecule has 5 nitrogen and oxygen atoms in total. The van der Waals surface area contributed by atoms with Gasteiger partial charge in [-0.1, -0.05) is 13.8 Å². The lowest BCUT2D eigenvalue weighted by atomic mass is 9.90. The van der Waals surface area contributed by atoms with Crippen LogP contribution in [0.1, 0.15) is 33.1 Å². The highest BCUT2D eigenvalue weighted by atomic mass is 32.2. The topological polar surface area (TPSA) is 70.6 Å². The van der Waals surface area contributed by atoms with E-state index in [0.29, 0.717) is 13.0 Å². The molecule has 0 aromatic heterocycles. The Balaban J connectivity index is 2.30. The molecule has 2 N–H and O–H groups in total. The molecule has 0 radical (unpaired) electrons. The summed E-state index contributed by atoms with van der Waals surface area (Å²) in [7, 11) is -1.13. The smallest absolute Gasteiger partial charge is 0.191 e. The second-order valence-corrected chi connectivity index (χ2v) is 8.55. The Morgan fingerprint density at radius 3 is 2.42 bits per heavy atom. The summed E-state index contributed by atoms with van der Waals surface area (Å²) in [6.45, 7) is 5.83. The average Bonchev–Trinajstić information content (AvgIpc) is 3.10. The number of nitrogens with one attached hydrogen (secondary N) is 2. The highest BCUT2D eigenvalue weighted by Gasteiger charge is 2.23. The van der Waals surface area contributed by atoms with Crippen molar-refractivity contribution in [2.24, 2.45) is 16.3 Å². The number of guanidine groups is 1. The number of hydrogen-bond donors (Lipinski definition) is 2. The van der Waals surface area contributed by atoms with Gasteiger partial charge in [0.2, 0.25) is 0 Å². The van der Waals surface area contributed by atoms with Gasteiger partial charge in [-0.15, -0.1) is 0 Å². The largest absolute Gasteiger partial charge is 0.356 e. The van der Waals surface area contributed by atoms with Crippen LogP contribution >= 0.6 is 0 Å². The summed E-state index contributed by atoms with van der Waals surface area (Å²) in [5.41, 5.74) is -0.0692. The standard InChI is InChI=1S/C13H27N3O2S/c1-13(2,7-8-19(4,17)18)10-16-12(14-3)15-9-11-5-6-11/h11H,5-10H2,1-4H3,(H2,14,15,16). The van der Waals surface area contributed by atoms with E-state index in [1.54, 1.807) is 7.05 Å². The normalized spacial score (nSPS) is 17.4. The van der Waals surface area contributed by atoms with Gasteiger partial charge in [0.05, 0.1) is 5.75 Å². The van der Waals surface area contributed by atoms with Crippen LogP contribution in [-0.4, -0.2) is 46.5 Å². The monoisotopic (exact) mass is 289 g/mol. The molecule has 0 aromatic rings. The molecular weight excluding hydrogens is 262 g/mol. The number of rotatable bonds is 7. The van der Waals surface area contributed by atoms with Gasteiger partial charge < -0.3 is 10.6 Å². The Bertz CT molecular complexity index is 412. The van der Waals surface area contributed by atoms with E-state index in [4.69, 9.17) is 0 Å². The summed E-state index contributed by atoms with van der Waals surface area (Å²) in [6, 6.07) is 0. The SMILES string of the molecule is CN=C(NCC1CC1)NCC(C)(C)CCS(C)(=O)=O. The average molecular weight is 289 g/mol. The molecule has 0 aromatic carbocycles. The minimum absolute atomic E-state index is 0.0692. The Kier molecular flexibility index (Phi) is 5.64. The second-order valence-electron chi connectivity index (χ2n) is 6.29. The fourth-order valence-electron chi connectivity index (χ4n) is 1.66. The third-order valence-corrected chi connectivity index (χ3v) is 4.31. The molecule has 19 heavy (non-hydrogen) atoms. The van der Waals surface area contributed by atoms with Crippen molar-refractivity contribution in [1.29, 1.82) is 0 Å². The van der Waals surface area contributed by atoms with Crippen LogP contribution in [0.15, 0.2) is 4.99 Å². The maximum Gasteiger partial charge on any atom is 0.191 e. The van der Waals surface area contributed by atoms with Crippen LogP contribution in [0, 0.1) is 11.3 Å². The first-order valence-electron chi connectivity index (χ1n) is 6.84. The molecule has 0 bridgehead atoms. The predicted molar refractivity (Wildman–Crippen MR) is 80.2 cm³/mol. The van der Waals surface area contributed by atoms with Crippen molar-refractivity contribution in [1.82, 2.24) is 10.6 Å². The first kappa shape index (κ1) is 16.3. The minimum Gasteiger partial charge on any atom is -0.356 e. The Hall–Kier alpha value is -0.780. The second kappa shape index (κ2) is 6.59. The van der Waals surface area contributed by atoms with Gasteiger partial charge in [0.25, 0.3) is 0 Å². The third kappa shape index (κ3) is 8.08. The van der Waals surface area contributed by atoms with Crippen molar-refractivity contribution < 1.29 is 8.42 Å². The van der Waals surface area contributed by atoms with Gasteiger partial charge in [-0.25, -0.2) is 8.42 Å². The minimum atomic E-state index is -2.89. The molecule has 1 aliphatic carbocycles. The van der Waals surface area contributed by atoms with Gasteiger partial charge in [-0.3, -0.25) is 4.99 Å². The molecule has 0 saturated heterocycles. The third-order valence-electron chi connectivity index (χ3n) is 3.36. The molecule has 0 amide bonds. The van der Waals surface area contributed by atoms with Crippen molar-refractivity contribution in [2.75, 3.05) is 32.1 Å². The predicted octanol–water partition coefficient (Wildman–Crippen LogP) is 1.02. The zero-order valence-electron chi connectivity index (χ0n) is 12.5. The maximum absolute atomic E-state index is 11.2. The van der Waals surface area contributed by atoms with Gasteiger partial charge >= 0.3 is 0 Å². The van der Waals surface area contributed by atoms with E-state index in [2.05, 4.69) is 29.5 Å². The fourth-order valence-corrected chi connectivity index (χ4v) is 2.58. The summed E-state index contributed by atoms with van der Waals surface area (Å²) >= 11 is 0. The summed E-state index contributed by atoms with van der Waals surface area (Å²) in [5, 5.41) is 6.57. The first-order chi connectivity index (χ1) is 8.72. The Morgan fingerprint density at radius 1 is 1.32 bits per heavy atom. The van der Waals surface area contributed by atoms with E-state index in [-0.39, 0.29) is 11.2 Å². The molecule has 1 saturated carbocycles. The molecule has 1 rings (SSSR count). The first-order valence-corrected chi connectivity index (χ1v) is 8.90. The summed E-state index contributed by atoms with van der Waals surface area (Å²) in [6.07, 6.45) is 4.55. The van der Waals surface area contributed by atoms with Gasteiger partial charge in [0, 0.05) is 26.4 Å². The van der Waals surface area contributed by atoms with Crippen LogP contribution in [0.3, 0.4) is 0 Å². The van der Waals surface area contributed by atoms with Gasteiger partial charge in [-0.05, 0) is 30.6 Å². The fraction of sp³-hybridized carbons (Fsp3) is 0.923. The summed E-state index contributed by atoms with van der Waals surface area (Å²) in [5.74, 6) is 1.84. The van der Waals surface area contributed by atoms with Crippen LogP contribution in [-0.2, 0) is 9.84 Å². The summed E-state index contributed by atoms with van der Waals surface area (Å²) < 4.78 is 22.4. The highest BCUT2D eigenvalue weighted by molar-refractivity contribution is 7.90. The molecule has 6 heteroatoms. The van der Waals surface area contributed by atoms with Gasteiger partial charge in [0.15, 0.2) is 5.96 Å². The molecular formula is C13H27N3O2S. The molecule has 1 aliphatic rings.